The summed E-state index contributed by atoms with van der Waals surface area (Å²) in [6, 6.07) is 2.19. The molecule has 0 fully saturated rings. The highest BCUT2D eigenvalue weighted by Crippen LogP contribution is 2.45. The van der Waals surface area contributed by atoms with Gasteiger partial charge in [0.05, 0.1) is 8.95 Å². The Bertz CT molecular complexity index is 738. The average Bonchev–Trinajstić information content (AvgIpc) is 2.49. The maximum Gasteiger partial charge on any atom is 0.195 e. The van der Waals surface area contributed by atoms with E-state index in [2.05, 4.69) is 63.7 Å². The van der Waals surface area contributed by atoms with Crippen LogP contribution < -0.4 is 0 Å². The largest absolute Gasteiger partial charge is 0.504 e. The van der Waals surface area contributed by atoms with Crippen molar-refractivity contribution in [2.45, 2.75) is 0 Å². The summed E-state index contributed by atoms with van der Waals surface area (Å²) in [6.45, 7) is 0. The van der Waals surface area contributed by atoms with Crippen molar-refractivity contribution in [3.05, 3.63) is 41.2 Å². The van der Waals surface area contributed by atoms with E-state index in [4.69, 9.17) is 0 Å². The van der Waals surface area contributed by atoms with Gasteiger partial charge in [-0.05, 0) is 75.9 Å². The fourth-order valence-electron chi connectivity index (χ4n) is 1.68. The fourth-order valence-corrected chi connectivity index (χ4v) is 3.48. The monoisotopic (exact) mass is 558 g/mol. The molecule has 0 unspecified atom stereocenters. The zero-order valence-corrected chi connectivity index (χ0v) is 16.7. The molecule has 9 heteroatoms. The third-order valence-corrected chi connectivity index (χ3v) is 7.07. The van der Waals surface area contributed by atoms with Gasteiger partial charge in [-0.2, -0.15) is 0 Å². The van der Waals surface area contributed by atoms with Crippen molar-refractivity contribution in [2.75, 3.05) is 0 Å². The van der Waals surface area contributed by atoms with Crippen LogP contribution >= 0.6 is 63.7 Å². The van der Waals surface area contributed by atoms with E-state index in [1.54, 1.807) is 0 Å². The van der Waals surface area contributed by atoms with Gasteiger partial charge in [0.15, 0.2) is 28.8 Å². The maximum absolute atomic E-state index is 12.6. The van der Waals surface area contributed by atoms with Gasteiger partial charge < -0.3 is 20.4 Å². The van der Waals surface area contributed by atoms with Crippen molar-refractivity contribution < 1.29 is 25.2 Å². The van der Waals surface area contributed by atoms with E-state index in [0.29, 0.717) is 0 Å². The maximum atomic E-state index is 12.6. The molecule has 0 aliphatic heterocycles. The van der Waals surface area contributed by atoms with Crippen LogP contribution in [0.5, 0.6) is 23.0 Å². The highest BCUT2D eigenvalue weighted by atomic mass is 79.9. The molecule has 0 aliphatic rings. The van der Waals surface area contributed by atoms with Gasteiger partial charge in [-0.3, -0.25) is 4.79 Å². The minimum Gasteiger partial charge on any atom is -0.504 e. The van der Waals surface area contributed by atoms with E-state index < -0.39 is 28.8 Å². The molecule has 0 heterocycles. The summed E-state index contributed by atoms with van der Waals surface area (Å²) in [5.74, 6) is -2.31. The summed E-state index contributed by atoms with van der Waals surface area (Å²) in [7, 11) is 0. The molecule has 0 radical (unpaired) electrons. The molecule has 0 amide bonds. The van der Waals surface area contributed by atoms with Crippen molar-refractivity contribution in [1.29, 1.82) is 0 Å². The van der Waals surface area contributed by atoms with Crippen LogP contribution in [0.2, 0.25) is 0 Å². The quantitative estimate of drug-likeness (QED) is 0.312. The summed E-state index contributed by atoms with van der Waals surface area (Å²) < 4.78 is 0.717. The molecular weight excluding hydrogens is 556 g/mol. The van der Waals surface area contributed by atoms with Crippen molar-refractivity contribution >= 4 is 69.5 Å². The molecule has 5 nitrogen and oxygen atoms in total. The summed E-state index contributed by atoms with van der Waals surface area (Å²) in [5.41, 5.74) is 0.111. The van der Waals surface area contributed by atoms with Crippen molar-refractivity contribution in [3.63, 3.8) is 0 Å². The molecule has 2 aromatic carbocycles. The molecule has 0 saturated heterocycles. The summed E-state index contributed by atoms with van der Waals surface area (Å²) in [6.07, 6.45) is 0. The van der Waals surface area contributed by atoms with Crippen molar-refractivity contribution in [2.24, 2.45) is 0 Å². The fraction of sp³-hybridized carbons (Fsp3) is 0. The highest BCUT2D eigenvalue weighted by Gasteiger charge is 2.24. The van der Waals surface area contributed by atoms with Gasteiger partial charge in [0.2, 0.25) is 0 Å². The smallest absolute Gasteiger partial charge is 0.195 e. The Hall–Kier alpha value is -0.770. The molecule has 0 spiro atoms. The Morgan fingerprint density at radius 1 is 0.682 bits per heavy atom. The van der Waals surface area contributed by atoms with E-state index in [-0.39, 0.29) is 29.0 Å². The lowest BCUT2D eigenvalue weighted by Crippen LogP contribution is -2.04. The van der Waals surface area contributed by atoms with Gasteiger partial charge in [-0.25, -0.2) is 0 Å². The lowest BCUT2D eigenvalue weighted by molar-refractivity contribution is 0.103. The number of phenolic OH excluding ortho intramolecular Hbond substituents is 4. The Morgan fingerprint density at radius 2 is 1.00 bits per heavy atom. The van der Waals surface area contributed by atoms with Crippen molar-refractivity contribution in [3.8, 4) is 23.0 Å². The number of hydrogen-bond donors (Lipinski definition) is 4. The number of aromatic hydroxyl groups is 4. The molecule has 0 aromatic heterocycles. The molecule has 0 aliphatic carbocycles. The predicted molar refractivity (Wildman–Crippen MR) is 93.8 cm³/mol. The number of halogens is 4. The molecule has 2 aromatic rings. The van der Waals surface area contributed by atoms with E-state index in [1.807, 2.05) is 0 Å². The summed E-state index contributed by atoms with van der Waals surface area (Å²) in [4.78, 5) is 12.6. The first-order chi connectivity index (χ1) is 10.2. The topological polar surface area (TPSA) is 98.0 Å². The van der Waals surface area contributed by atoms with Crippen molar-refractivity contribution in [1.82, 2.24) is 0 Å². The number of ketones is 1. The summed E-state index contributed by atoms with van der Waals surface area (Å²) in [5, 5.41) is 38.6. The molecule has 116 valence electrons. The van der Waals surface area contributed by atoms with E-state index in [0.717, 1.165) is 12.1 Å². The lowest BCUT2D eigenvalue weighted by atomic mass is 10.0. The Labute approximate surface area is 158 Å². The third-order valence-electron chi connectivity index (χ3n) is 2.81. The van der Waals surface area contributed by atoms with Gasteiger partial charge in [0.25, 0.3) is 0 Å². The van der Waals surface area contributed by atoms with Gasteiger partial charge >= 0.3 is 0 Å². The first-order valence-electron chi connectivity index (χ1n) is 5.51. The minimum absolute atomic E-state index is 0.0554. The third kappa shape index (κ3) is 2.86. The molecule has 2 rings (SSSR count). The van der Waals surface area contributed by atoms with Gasteiger partial charge in [-0.1, -0.05) is 0 Å². The number of benzene rings is 2. The average molecular weight is 562 g/mol. The number of carbonyl (C=O) groups excluding carboxylic acids is 1. The SMILES string of the molecule is O=C(c1cc(O)c(O)c(Br)c1Br)c1cc(O)c(O)c(Br)c1Br. The molecular formula is C13H6Br4O5. The number of rotatable bonds is 2. The molecule has 22 heavy (non-hydrogen) atoms. The predicted octanol–water partition coefficient (Wildman–Crippen LogP) is 4.79. The minimum atomic E-state index is -0.550. The second-order valence-corrected chi connectivity index (χ2v) is 7.34. The standard InChI is InChI=1S/C13H6Br4O5/c14-7-3(1-5(18)12(21)9(7)16)11(20)4-2-6(19)13(22)10(17)8(4)15/h1-2,18-19,21-22H. The van der Waals surface area contributed by atoms with Gasteiger partial charge in [0, 0.05) is 20.1 Å². The van der Waals surface area contributed by atoms with Crippen LogP contribution in [0.4, 0.5) is 0 Å². The first-order valence-corrected chi connectivity index (χ1v) is 8.68. The molecule has 0 bridgehead atoms. The van der Waals surface area contributed by atoms with Gasteiger partial charge in [-0.15, -0.1) is 0 Å². The van der Waals surface area contributed by atoms with Crippen LogP contribution in [-0.2, 0) is 0 Å². The van der Waals surface area contributed by atoms with Crippen LogP contribution in [0.3, 0.4) is 0 Å². The zero-order chi connectivity index (χ0) is 16.8. The van der Waals surface area contributed by atoms with E-state index in [1.165, 1.54) is 0 Å². The Balaban J connectivity index is 2.69. The van der Waals surface area contributed by atoms with Crippen LogP contribution in [0.15, 0.2) is 30.0 Å². The van der Waals surface area contributed by atoms with E-state index >= 15 is 0 Å². The normalized spacial score (nSPS) is 10.7. The summed E-state index contributed by atoms with van der Waals surface area (Å²) >= 11 is 12.4. The highest BCUT2D eigenvalue weighted by molar-refractivity contribution is 9.13. The van der Waals surface area contributed by atoms with Gasteiger partial charge in [0.1, 0.15) is 0 Å². The van der Waals surface area contributed by atoms with Crippen LogP contribution in [0.25, 0.3) is 0 Å². The first kappa shape index (κ1) is 17.6. The van der Waals surface area contributed by atoms with Crippen LogP contribution in [0, 0.1) is 0 Å². The van der Waals surface area contributed by atoms with Crippen LogP contribution in [0.1, 0.15) is 15.9 Å². The molecule has 0 atom stereocenters. The Kier molecular flexibility index (Phi) is 5.10. The van der Waals surface area contributed by atoms with Crippen LogP contribution in [-0.4, -0.2) is 26.2 Å². The number of carbonyl (C=O) groups is 1. The zero-order valence-electron chi connectivity index (χ0n) is 10.4. The van der Waals surface area contributed by atoms with E-state index in [9.17, 15) is 25.2 Å². The number of phenols is 4. The molecule has 4 N–H and O–H groups in total. The second-order valence-electron chi connectivity index (χ2n) is 4.17. The Morgan fingerprint density at radius 3 is 1.32 bits per heavy atom. The lowest BCUT2D eigenvalue weighted by Gasteiger charge is -2.12. The number of hydrogen-bond acceptors (Lipinski definition) is 5. The second kappa shape index (κ2) is 6.38. The molecule has 0 saturated carbocycles.